The molecule has 0 N–H and O–H groups in total. The molecular formula is C52H51N. The fraction of sp³-hybridized carbons (Fsp3) is 0.308. The highest BCUT2D eigenvalue weighted by atomic mass is 15.1. The summed E-state index contributed by atoms with van der Waals surface area (Å²) in [5.74, 6) is 3.21. The van der Waals surface area contributed by atoms with Crippen LogP contribution in [0.4, 0.5) is 17.1 Å². The molecule has 3 atom stereocenters. The first-order valence-corrected chi connectivity index (χ1v) is 20.5. The number of nitrogens with zero attached hydrogens (tertiary/aromatic N) is 1. The van der Waals surface area contributed by atoms with Crippen LogP contribution in [0.5, 0.6) is 0 Å². The molecule has 4 aliphatic rings. The van der Waals surface area contributed by atoms with Crippen LogP contribution in [-0.4, -0.2) is 0 Å². The predicted molar refractivity (Wildman–Crippen MR) is 224 cm³/mol. The summed E-state index contributed by atoms with van der Waals surface area (Å²) in [6.07, 6.45) is 12.3. The van der Waals surface area contributed by atoms with Crippen molar-refractivity contribution in [2.45, 2.75) is 88.9 Å². The second kappa shape index (κ2) is 13.2. The van der Waals surface area contributed by atoms with E-state index in [9.17, 15) is 0 Å². The smallest absolute Gasteiger partial charge is 0.0467 e. The van der Waals surface area contributed by atoms with Gasteiger partial charge in [0.05, 0.1) is 0 Å². The van der Waals surface area contributed by atoms with Crippen molar-refractivity contribution in [3.63, 3.8) is 0 Å². The van der Waals surface area contributed by atoms with E-state index in [-0.39, 0.29) is 5.41 Å². The lowest BCUT2D eigenvalue weighted by Crippen LogP contribution is -2.17. The Bertz CT molecular complexity index is 2270. The third-order valence-corrected chi connectivity index (χ3v) is 13.8. The minimum Gasteiger partial charge on any atom is -0.310 e. The van der Waals surface area contributed by atoms with Gasteiger partial charge in [0.2, 0.25) is 0 Å². The minimum absolute atomic E-state index is 0.121. The Hall–Kier alpha value is -4.88. The van der Waals surface area contributed by atoms with E-state index in [2.05, 4.69) is 158 Å². The lowest BCUT2D eigenvalue weighted by molar-refractivity contribution is 0.420. The van der Waals surface area contributed by atoms with Crippen molar-refractivity contribution in [2.75, 3.05) is 4.90 Å². The number of hydrogen-bond donors (Lipinski definition) is 0. The Morgan fingerprint density at radius 1 is 0.491 bits per heavy atom. The predicted octanol–water partition coefficient (Wildman–Crippen LogP) is 14.7. The molecule has 0 heterocycles. The summed E-state index contributed by atoms with van der Waals surface area (Å²) in [5.41, 5.74) is 17.4. The zero-order chi connectivity index (χ0) is 35.5. The van der Waals surface area contributed by atoms with E-state index < -0.39 is 0 Å². The molecule has 1 nitrogen and oxygen atoms in total. The summed E-state index contributed by atoms with van der Waals surface area (Å²) in [5, 5.41) is 0. The van der Waals surface area contributed by atoms with Gasteiger partial charge < -0.3 is 4.90 Å². The molecule has 4 aliphatic carbocycles. The van der Waals surface area contributed by atoms with Crippen LogP contribution in [0.3, 0.4) is 0 Å². The normalized spacial score (nSPS) is 21.4. The van der Waals surface area contributed by atoms with Gasteiger partial charge in [-0.25, -0.2) is 0 Å². The monoisotopic (exact) mass is 689 g/mol. The molecule has 0 saturated heterocycles. The van der Waals surface area contributed by atoms with Gasteiger partial charge in [0, 0.05) is 22.5 Å². The zero-order valence-corrected chi connectivity index (χ0v) is 31.4. The van der Waals surface area contributed by atoms with Crippen molar-refractivity contribution in [1.29, 1.82) is 0 Å². The van der Waals surface area contributed by atoms with Gasteiger partial charge in [0.1, 0.15) is 0 Å². The summed E-state index contributed by atoms with van der Waals surface area (Å²) in [7, 11) is 0. The second-order valence-electron chi connectivity index (χ2n) is 17.2. The maximum atomic E-state index is 2.52. The first kappa shape index (κ1) is 32.7. The molecule has 0 radical (unpaired) electrons. The fourth-order valence-electron chi connectivity index (χ4n) is 11.0. The van der Waals surface area contributed by atoms with Crippen LogP contribution in [0.1, 0.15) is 106 Å². The first-order valence-electron chi connectivity index (χ1n) is 20.5. The van der Waals surface area contributed by atoms with Crippen molar-refractivity contribution in [1.82, 2.24) is 0 Å². The van der Waals surface area contributed by atoms with Gasteiger partial charge in [-0.15, -0.1) is 0 Å². The van der Waals surface area contributed by atoms with Crippen LogP contribution >= 0.6 is 0 Å². The summed E-state index contributed by atoms with van der Waals surface area (Å²) in [6.45, 7) is 4.82. The van der Waals surface area contributed by atoms with Crippen LogP contribution in [0.25, 0.3) is 33.4 Å². The molecule has 2 bridgehead atoms. The molecule has 6 aromatic carbocycles. The quantitative estimate of drug-likeness (QED) is 0.161. The summed E-state index contributed by atoms with van der Waals surface area (Å²) in [6, 6.07) is 53.4. The van der Waals surface area contributed by atoms with E-state index >= 15 is 0 Å². The van der Waals surface area contributed by atoms with Gasteiger partial charge in [0.15, 0.2) is 0 Å². The fourth-order valence-corrected chi connectivity index (χ4v) is 11.0. The van der Waals surface area contributed by atoms with Gasteiger partial charge in [0.25, 0.3) is 0 Å². The second-order valence-corrected chi connectivity index (χ2v) is 17.2. The summed E-state index contributed by atoms with van der Waals surface area (Å²) < 4.78 is 0. The van der Waals surface area contributed by atoms with Crippen molar-refractivity contribution in [3.05, 3.63) is 162 Å². The van der Waals surface area contributed by atoms with E-state index in [1.807, 2.05) is 0 Å². The third-order valence-electron chi connectivity index (χ3n) is 13.8. The lowest BCUT2D eigenvalue weighted by atomic mass is 9.81. The number of benzene rings is 6. The molecule has 3 unspecified atom stereocenters. The third kappa shape index (κ3) is 5.75. The highest BCUT2D eigenvalue weighted by molar-refractivity contribution is 5.88. The van der Waals surface area contributed by atoms with E-state index in [1.165, 1.54) is 130 Å². The average Bonchev–Trinajstić information content (AvgIpc) is 3.92. The molecule has 0 amide bonds. The van der Waals surface area contributed by atoms with E-state index in [0.717, 1.165) is 17.8 Å². The van der Waals surface area contributed by atoms with Crippen molar-refractivity contribution in [3.8, 4) is 33.4 Å². The largest absolute Gasteiger partial charge is 0.310 e. The van der Waals surface area contributed by atoms with Crippen LogP contribution in [-0.2, 0) is 5.41 Å². The van der Waals surface area contributed by atoms with E-state index in [1.54, 1.807) is 0 Å². The number of hydrogen-bond acceptors (Lipinski definition) is 1. The van der Waals surface area contributed by atoms with Gasteiger partial charge in [-0.1, -0.05) is 137 Å². The molecule has 6 aromatic rings. The molecule has 53 heavy (non-hydrogen) atoms. The van der Waals surface area contributed by atoms with Crippen molar-refractivity contribution < 1.29 is 0 Å². The Morgan fingerprint density at radius 3 is 1.96 bits per heavy atom. The molecule has 1 heteroatoms. The van der Waals surface area contributed by atoms with Crippen LogP contribution in [0.15, 0.2) is 140 Å². The lowest BCUT2D eigenvalue weighted by Gasteiger charge is -2.29. The summed E-state index contributed by atoms with van der Waals surface area (Å²) in [4.78, 5) is 2.52. The topological polar surface area (TPSA) is 3.24 Å². The SMILES string of the molecule is CC1(C)c2cc(-c3ccccc3)ccc2-c2ccc(N(c3ccc(C4CC5CCC4C5)cc3)c3cccc(-c4ccccc4C4CCCCC4)c3)cc21. The van der Waals surface area contributed by atoms with Gasteiger partial charge in [-0.3, -0.25) is 0 Å². The van der Waals surface area contributed by atoms with Crippen LogP contribution in [0.2, 0.25) is 0 Å². The van der Waals surface area contributed by atoms with E-state index in [0.29, 0.717) is 5.92 Å². The van der Waals surface area contributed by atoms with Crippen LogP contribution in [0, 0.1) is 11.8 Å². The molecule has 0 aromatic heterocycles. The maximum Gasteiger partial charge on any atom is 0.0467 e. The molecule has 264 valence electrons. The molecule has 0 spiro atoms. The first-order chi connectivity index (χ1) is 26.0. The maximum absolute atomic E-state index is 2.52. The number of fused-ring (bicyclic) bond motifs is 5. The Balaban J connectivity index is 1.07. The highest BCUT2D eigenvalue weighted by Gasteiger charge is 2.40. The van der Waals surface area contributed by atoms with E-state index in [4.69, 9.17) is 0 Å². The molecule has 3 fully saturated rings. The van der Waals surface area contributed by atoms with Gasteiger partial charge in [-0.05, 0) is 154 Å². The Morgan fingerprint density at radius 2 is 1.19 bits per heavy atom. The highest BCUT2D eigenvalue weighted by Crippen LogP contribution is 2.54. The van der Waals surface area contributed by atoms with Crippen LogP contribution < -0.4 is 4.90 Å². The average molecular weight is 690 g/mol. The van der Waals surface area contributed by atoms with Crippen molar-refractivity contribution >= 4 is 17.1 Å². The standard InChI is InChI=1S/C52H51N/c1-52(2)50-33-39(36-12-5-3-6-13-36)24-28-47(50)48-29-27-44(34-51(48)52)53(42-25-22-38(23-26-42)49-31-35-20-21-41(49)30-35)43-17-11-16-40(32-43)46-19-10-9-18-45(46)37-14-7-4-8-15-37/h3,5-6,9-13,16-19,22-29,32-35,37,41,49H,4,7-8,14-15,20-21,30-31H2,1-2H3. The Kier molecular flexibility index (Phi) is 8.16. The van der Waals surface area contributed by atoms with Gasteiger partial charge >= 0.3 is 0 Å². The number of anilines is 3. The molecule has 10 rings (SSSR count). The molecule has 3 saturated carbocycles. The Labute approximate surface area is 316 Å². The number of rotatable bonds is 7. The molecular weight excluding hydrogens is 639 g/mol. The summed E-state index contributed by atoms with van der Waals surface area (Å²) >= 11 is 0. The van der Waals surface area contributed by atoms with Gasteiger partial charge in [-0.2, -0.15) is 0 Å². The zero-order valence-electron chi connectivity index (χ0n) is 31.4. The molecule has 0 aliphatic heterocycles. The van der Waals surface area contributed by atoms with Crippen molar-refractivity contribution in [2.24, 2.45) is 11.8 Å². The minimum atomic E-state index is -0.121.